The van der Waals surface area contributed by atoms with Crippen molar-refractivity contribution < 1.29 is 50.5 Å². The summed E-state index contributed by atoms with van der Waals surface area (Å²) in [6.45, 7) is 4.49. The van der Waals surface area contributed by atoms with Gasteiger partial charge in [0.05, 0.1) is 48.1 Å². The van der Waals surface area contributed by atoms with Crippen LogP contribution in [0.5, 0.6) is 5.75 Å². The molecule has 1 saturated carbocycles. The van der Waals surface area contributed by atoms with E-state index < -0.39 is 59.2 Å². The molecule has 6 rings (SSSR count). The molecule has 2 aromatic carbocycles. The quantitative estimate of drug-likeness (QED) is 0.247. The number of hydrogen-bond acceptors (Lipinski definition) is 7. The van der Waals surface area contributed by atoms with Crippen LogP contribution in [0, 0.1) is 12.8 Å². The maximum atomic E-state index is 13.6. The molecule has 2 unspecified atom stereocenters. The number of carbonyl (C=O) groups excluding carboxylic acids is 1. The second-order valence-electron chi connectivity index (χ2n) is 12.4. The van der Waals surface area contributed by atoms with Crippen molar-refractivity contribution in [2.24, 2.45) is 5.92 Å². The highest BCUT2D eigenvalue weighted by Gasteiger charge is 2.44. The van der Waals surface area contributed by atoms with Crippen LogP contribution < -0.4 is 9.64 Å². The van der Waals surface area contributed by atoms with Crippen LogP contribution in [0.2, 0.25) is 0 Å². The lowest BCUT2D eigenvalue weighted by Crippen LogP contribution is -2.39. The highest BCUT2D eigenvalue weighted by molar-refractivity contribution is 5.78. The van der Waals surface area contributed by atoms with Gasteiger partial charge in [-0.2, -0.15) is 26.3 Å². The molecule has 1 aliphatic carbocycles. The van der Waals surface area contributed by atoms with Gasteiger partial charge in [-0.3, -0.25) is 9.69 Å². The van der Waals surface area contributed by atoms with Gasteiger partial charge >= 0.3 is 24.4 Å². The number of halogens is 6. The van der Waals surface area contributed by atoms with E-state index in [1.54, 1.807) is 13.0 Å². The zero-order valence-electron chi connectivity index (χ0n) is 26.2. The van der Waals surface area contributed by atoms with Crippen LogP contribution in [0.4, 0.5) is 37.1 Å². The average molecular weight is 679 g/mol. The van der Waals surface area contributed by atoms with Crippen molar-refractivity contribution in [1.29, 1.82) is 0 Å². The Balaban J connectivity index is 1.39. The van der Waals surface area contributed by atoms with Gasteiger partial charge in [-0.25, -0.2) is 14.8 Å². The van der Waals surface area contributed by atoms with E-state index in [2.05, 4.69) is 0 Å². The van der Waals surface area contributed by atoms with Gasteiger partial charge in [0.25, 0.3) is 0 Å². The fourth-order valence-corrected chi connectivity index (χ4v) is 6.47. The van der Waals surface area contributed by atoms with Gasteiger partial charge < -0.3 is 19.5 Å². The molecule has 0 spiro atoms. The molecule has 1 N–H and O–H groups in total. The Labute approximate surface area is 271 Å². The smallest absolute Gasteiger partial charge is 0.416 e. The lowest BCUT2D eigenvalue weighted by molar-refractivity contribution is -0.145. The third-order valence-corrected chi connectivity index (χ3v) is 9.39. The number of rotatable bonds is 8. The van der Waals surface area contributed by atoms with Crippen LogP contribution in [-0.4, -0.2) is 58.3 Å². The molecule has 1 aromatic heterocycles. The Kier molecular flexibility index (Phi) is 8.44. The molecule has 9 nitrogen and oxygen atoms in total. The number of hydrogen-bond donors (Lipinski definition) is 1. The molecule has 3 heterocycles. The van der Waals surface area contributed by atoms with Crippen LogP contribution in [0.15, 0.2) is 36.4 Å². The first kappa shape index (κ1) is 33.3. The lowest BCUT2D eigenvalue weighted by Gasteiger charge is -2.33. The van der Waals surface area contributed by atoms with E-state index >= 15 is 0 Å². The predicted octanol–water partition coefficient (Wildman–Crippen LogP) is 7.37. The van der Waals surface area contributed by atoms with Gasteiger partial charge in [0.15, 0.2) is 0 Å². The van der Waals surface area contributed by atoms with Crippen LogP contribution in [-0.2, 0) is 28.4 Å². The molecule has 0 bridgehead atoms. The minimum atomic E-state index is -5.07. The van der Waals surface area contributed by atoms with Crippen molar-refractivity contribution in [3.05, 3.63) is 70.0 Å². The Hall–Kier alpha value is -4.56. The fourth-order valence-electron chi connectivity index (χ4n) is 6.47. The van der Waals surface area contributed by atoms with Gasteiger partial charge in [0.1, 0.15) is 11.9 Å². The van der Waals surface area contributed by atoms with Gasteiger partial charge in [-0.15, -0.1) is 0 Å². The predicted molar refractivity (Wildman–Crippen MR) is 159 cm³/mol. The number of methoxy groups -OCH3 is 1. The molecule has 3 fully saturated rings. The standard InChI is InChI=1S/C33H32F6N4O5/c1-16-27(24-13-18(5-6-26(24)47-3)19-9-21(10-19)29(44)45)25(41-30(40-16)42-7-4-8-42)15-43-17(2)28(48-31(43)46)20-11-22(32(34,35)36)14-23(12-20)33(37,38)39/h5-6,11-14,17,19,21,28H,4,7-10,15H2,1-3H3,(H,44,45). The molecule has 3 aliphatic rings. The summed E-state index contributed by atoms with van der Waals surface area (Å²) in [5.74, 6) is -0.393. The van der Waals surface area contributed by atoms with Gasteiger partial charge in [0.2, 0.25) is 5.95 Å². The average Bonchev–Trinajstić information content (AvgIpc) is 3.22. The summed E-state index contributed by atoms with van der Waals surface area (Å²) in [6, 6.07) is 5.71. The molecule has 3 aromatic rings. The second-order valence-corrected chi connectivity index (χ2v) is 12.4. The summed E-state index contributed by atoms with van der Waals surface area (Å²) >= 11 is 0. The van der Waals surface area contributed by atoms with E-state index in [-0.39, 0.29) is 18.5 Å². The normalized spacial score (nSPS) is 22.6. The van der Waals surface area contributed by atoms with Crippen LogP contribution >= 0.6 is 0 Å². The maximum Gasteiger partial charge on any atom is 0.416 e. The van der Waals surface area contributed by atoms with Crippen molar-refractivity contribution in [1.82, 2.24) is 14.9 Å². The molecule has 0 radical (unpaired) electrons. The number of amides is 1. The fraction of sp³-hybridized carbons (Fsp3) is 0.455. The summed E-state index contributed by atoms with van der Waals surface area (Å²) in [5, 5.41) is 9.37. The first-order chi connectivity index (χ1) is 22.5. The maximum absolute atomic E-state index is 13.6. The number of anilines is 1. The van der Waals surface area contributed by atoms with E-state index in [9.17, 15) is 41.0 Å². The first-order valence-corrected chi connectivity index (χ1v) is 15.3. The Bertz CT molecular complexity index is 1720. The number of nitrogens with zero attached hydrogens (tertiary/aromatic N) is 4. The number of aryl methyl sites for hydroxylation is 1. The molecule has 15 heteroatoms. The number of carboxylic acids is 1. The van der Waals surface area contributed by atoms with Gasteiger partial charge in [-0.1, -0.05) is 6.07 Å². The van der Waals surface area contributed by atoms with E-state index in [0.29, 0.717) is 72.3 Å². The van der Waals surface area contributed by atoms with E-state index in [1.807, 2.05) is 17.0 Å². The molecule has 48 heavy (non-hydrogen) atoms. The summed E-state index contributed by atoms with van der Waals surface area (Å²) in [7, 11) is 1.49. The Morgan fingerprint density at radius 2 is 1.65 bits per heavy atom. The van der Waals surface area contributed by atoms with Crippen molar-refractivity contribution in [2.75, 3.05) is 25.1 Å². The molecule has 256 valence electrons. The molecule has 1 amide bonds. The first-order valence-electron chi connectivity index (χ1n) is 15.3. The number of aromatic nitrogens is 2. The number of alkyl halides is 6. The van der Waals surface area contributed by atoms with Crippen LogP contribution in [0.3, 0.4) is 0 Å². The van der Waals surface area contributed by atoms with E-state index in [0.717, 1.165) is 12.0 Å². The summed E-state index contributed by atoms with van der Waals surface area (Å²) < 4.78 is 92.9. The number of carbonyl (C=O) groups is 2. The number of ether oxygens (including phenoxy) is 2. The Morgan fingerprint density at radius 3 is 2.19 bits per heavy atom. The Morgan fingerprint density at radius 1 is 1.00 bits per heavy atom. The number of aliphatic carboxylic acids is 1. The molecule has 2 atom stereocenters. The van der Waals surface area contributed by atoms with Crippen LogP contribution in [0.25, 0.3) is 11.1 Å². The van der Waals surface area contributed by atoms with E-state index in [4.69, 9.17) is 19.4 Å². The number of cyclic esters (lactones) is 1. The van der Waals surface area contributed by atoms with Crippen LogP contribution in [0.1, 0.15) is 71.8 Å². The van der Waals surface area contributed by atoms with Crippen molar-refractivity contribution in [2.45, 2.75) is 70.1 Å². The third-order valence-electron chi connectivity index (χ3n) is 9.39. The summed E-state index contributed by atoms with van der Waals surface area (Å²) in [5.41, 5.74) is -0.491. The SMILES string of the molecule is COc1ccc(C2CC(C(=O)O)C2)cc1-c1c(C)nc(N2CCC2)nc1CN1C(=O)OC(c2cc(C(F)(F)F)cc(C(F)(F)F)c2)C1C. The largest absolute Gasteiger partial charge is 0.496 e. The molecular formula is C33H32F6N4O5. The third kappa shape index (κ3) is 6.21. The monoisotopic (exact) mass is 678 g/mol. The topological polar surface area (TPSA) is 105 Å². The second kappa shape index (κ2) is 12.2. The van der Waals surface area contributed by atoms with Gasteiger partial charge in [0, 0.05) is 24.2 Å². The minimum absolute atomic E-state index is 0.00387. The lowest BCUT2D eigenvalue weighted by atomic mass is 9.71. The summed E-state index contributed by atoms with van der Waals surface area (Å²) in [4.78, 5) is 37.4. The van der Waals surface area contributed by atoms with E-state index in [1.165, 1.54) is 18.9 Å². The highest BCUT2D eigenvalue weighted by Crippen LogP contribution is 2.46. The number of benzene rings is 2. The summed E-state index contributed by atoms with van der Waals surface area (Å²) in [6.07, 6.45) is -10.6. The van der Waals surface area contributed by atoms with Gasteiger partial charge in [-0.05, 0) is 80.5 Å². The molecule has 2 aliphatic heterocycles. The van der Waals surface area contributed by atoms with Crippen molar-refractivity contribution in [3.8, 4) is 16.9 Å². The minimum Gasteiger partial charge on any atom is -0.496 e. The highest BCUT2D eigenvalue weighted by atomic mass is 19.4. The number of carboxylic acid groups (broad SMARTS) is 1. The van der Waals surface area contributed by atoms with Crippen molar-refractivity contribution in [3.63, 3.8) is 0 Å². The van der Waals surface area contributed by atoms with Crippen molar-refractivity contribution >= 4 is 18.0 Å². The molecular weight excluding hydrogens is 646 g/mol. The zero-order valence-corrected chi connectivity index (χ0v) is 26.2. The zero-order chi connectivity index (χ0) is 34.7. The molecule has 2 saturated heterocycles.